The molecule has 0 spiro atoms. The summed E-state index contributed by atoms with van der Waals surface area (Å²) in [4.78, 5) is 21.9. The average molecular weight is 314 g/mol. The Morgan fingerprint density at radius 2 is 2.10 bits per heavy atom. The summed E-state index contributed by atoms with van der Waals surface area (Å²) in [5, 5.41) is 21.4. The number of amides is 1. The van der Waals surface area contributed by atoms with Gasteiger partial charge in [0.2, 0.25) is 5.91 Å². The predicted octanol–water partition coefficient (Wildman–Crippen LogP) is 1.21. The second kappa shape index (κ2) is 5.68. The number of nitrogens with one attached hydrogen (secondary N) is 1. The number of nitro groups is 1. The molecule has 2 rings (SSSR count). The number of carbonyl (C=O) groups is 1. The Hall–Kier alpha value is -2.16. The Balaban J connectivity index is 2.18. The van der Waals surface area contributed by atoms with E-state index in [0.717, 1.165) is 12.1 Å². The van der Waals surface area contributed by atoms with Gasteiger partial charge in [0.25, 0.3) is 5.69 Å². The lowest BCUT2D eigenvalue weighted by atomic mass is 10.1. The molecule has 0 bridgehead atoms. The van der Waals surface area contributed by atoms with Crippen molar-refractivity contribution in [2.24, 2.45) is 0 Å². The molecule has 1 aliphatic rings. The van der Waals surface area contributed by atoms with E-state index in [9.17, 15) is 28.4 Å². The second-order valence-corrected chi connectivity index (χ2v) is 7.10. The van der Waals surface area contributed by atoms with E-state index in [1.54, 1.807) is 0 Å². The van der Waals surface area contributed by atoms with E-state index in [4.69, 9.17) is 0 Å². The van der Waals surface area contributed by atoms with E-state index < -0.39 is 31.7 Å². The van der Waals surface area contributed by atoms with E-state index >= 15 is 0 Å². The molecule has 1 amide bonds. The summed E-state index contributed by atoms with van der Waals surface area (Å²) in [5.74, 6) is -1.23. The number of anilines is 1. The molecule has 1 aliphatic heterocycles. The molecule has 1 atom stereocenters. The molecular weight excluding hydrogens is 300 g/mol. The number of nitro benzene ring substituents is 1. The van der Waals surface area contributed by atoms with Gasteiger partial charge in [-0.1, -0.05) is 6.42 Å². The van der Waals surface area contributed by atoms with Gasteiger partial charge in [0.15, 0.2) is 9.84 Å². The van der Waals surface area contributed by atoms with Crippen LogP contribution in [0.3, 0.4) is 0 Å². The first-order valence-electron chi connectivity index (χ1n) is 6.31. The summed E-state index contributed by atoms with van der Waals surface area (Å²) in [6, 6.07) is 3.18. The zero-order chi connectivity index (χ0) is 15.6. The highest BCUT2D eigenvalue weighted by Gasteiger charge is 2.35. The van der Waals surface area contributed by atoms with Crippen molar-refractivity contribution >= 4 is 27.1 Å². The third-order valence-corrected chi connectivity index (χ3v) is 5.50. The van der Waals surface area contributed by atoms with Gasteiger partial charge in [-0.25, -0.2) is 8.42 Å². The van der Waals surface area contributed by atoms with Crippen LogP contribution in [0.5, 0.6) is 5.75 Å². The van der Waals surface area contributed by atoms with Crippen molar-refractivity contribution in [1.29, 1.82) is 0 Å². The highest BCUT2D eigenvalue weighted by atomic mass is 32.2. The first kappa shape index (κ1) is 15.2. The highest BCUT2D eigenvalue weighted by Crippen LogP contribution is 2.29. The fraction of sp³-hybridized carbons (Fsp3) is 0.417. The minimum absolute atomic E-state index is 0.0304. The summed E-state index contributed by atoms with van der Waals surface area (Å²) < 4.78 is 23.7. The predicted molar refractivity (Wildman–Crippen MR) is 74.8 cm³/mol. The molecule has 1 aromatic rings. The average Bonchev–Trinajstić information content (AvgIpc) is 2.40. The van der Waals surface area contributed by atoms with Crippen LogP contribution in [0.15, 0.2) is 18.2 Å². The molecule has 21 heavy (non-hydrogen) atoms. The smallest absolute Gasteiger partial charge is 0.273 e. The third-order valence-electron chi connectivity index (χ3n) is 3.32. The summed E-state index contributed by atoms with van der Waals surface area (Å²) >= 11 is 0. The Morgan fingerprint density at radius 3 is 2.67 bits per heavy atom. The van der Waals surface area contributed by atoms with Crippen LogP contribution in [-0.2, 0) is 14.6 Å². The second-order valence-electron chi connectivity index (χ2n) is 4.80. The number of hydrogen-bond donors (Lipinski definition) is 2. The van der Waals surface area contributed by atoms with Gasteiger partial charge in [-0.3, -0.25) is 14.9 Å². The van der Waals surface area contributed by atoms with Crippen LogP contribution in [-0.4, -0.2) is 35.4 Å². The van der Waals surface area contributed by atoms with Crippen LogP contribution in [0.25, 0.3) is 0 Å². The van der Waals surface area contributed by atoms with Crippen LogP contribution in [0.2, 0.25) is 0 Å². The largest absolute Gasteiger partial charge is 0.506 e. The normalized spacial score (nSPS) is 20.7. The molecule has 0 aromatic heterocycles. The van der Waals surface area contributed by atoms with Crippen molar-refractivity contribution < 1.29 is 23.2 Å². The lowest BCUT2D eigenvalue weighted by Gasteiger charge is -2.21. The topological polar surface area (TPSA) is 127 Å². The number of benzene rings is 1. The van der Waals surface area contributed by atoms with Crippen molar-refractivity contribution in [2.45, 2.75) is 24.5 Å². The van der Waals surface area contributed by atoms with Gasteiger partial charge in [0, 0.05) is 6.07 Å². The van der Waals surface area contributed by atoms with Gasteiger partial charge in [-0.15, -0.1) is 0 Å². The molecule has 0 aliphatic carbocycles. The number of phenols is 1. The molecule has 1 saturated heterocycles. The lowest BCUT2D eigenvalue weighted by molar-refractivity contribution is -0.384. The number of nitrogens with zero attached hydrogens (tertiary/aromatic N) is 1. The van der Waals surface area contributed by atoms with Crippen molar-refractivity contribution in [3.63, 3.8) is 0 Å². The Labute approximate surface area is 120 Å². The van der Waals surface area contributed by atoms with E-state index in [-0.39, 0.29) is 23.5 Å². The standard InChI is InChI=1S/C12H14N2O6S/c15-10-7-8(14(17)18)4-5-9(10)13-12(16)11-3-1-2-6-21(11,19)20/h4-5,7,11,15H,1-3,6H2,(H,13,16). The first-order chi connectivity index (χ1) is 9.81. The van der Waals surface area contributed by atoms with Crippen LogP contribution in [0.1, 0.15) is 19.3 Å². The number of hydrogen-bond acceptors (Lipinski definition) is 6. The molecule has 114 valence electrons. The number of rotatable bonds is 3. The maximum absolute atomic E-state index is 12.0. The zero-order valence-electron chi connectivity index (χ0n) is 11.0. The number of non-ortho nitro benzene ring substituents is 1. The molecular formula is C12H14N2O6S. The molecule has 1 heterocycles. The zero-order valence-corrected chi connectivity index (χ0v) is 11.8. The molecule has 0 saturated carbocycles. The molecule has 0 radical (unpaired) electrons. The van der Waals surface area contributed by atoms with Crippen LogP contribution < -0.4 is 5.32 Å². The Kier molecular flexibility index (Phi) is 4.12. The van der Waals surface area contributed by atoms with E-state index in [1.807, 2.05) is 0 Å². The summed E-state index contributed by atoms with van der Waals surface area (Å²) in [7, 11) is -3.48. The van der Waals surface area contributed by atoms with Gasteiger partial charge < -0.3 is 10.4 Å². The fourth-order valence-electron chi connectivity index (χ4n) is 2.20. The Bertz CT molecular complexity index is 685. The molecule has 1 aromatic carbocycles. The lowest BCUT2D eigenvalue weighted by Crippen LogP contribution is -2.39. The van der Waals surface area contributed by atoms with Gasteiger partial charge in [0.05, 0.1) is 22.4 Å². The van der Waals surface area contributed by atoms with Crippen LogP contribution in [0.4, 0.5) is 11.4 Å². The van der Waals surface area contributed by atoms with Gasteiger partial charge in [-0.05, 0) is 18.9 Å². The maximum Gasteiger partial charge on any atom is 0.273 e. The van der Waals surface area contributed by atoms with Gasteiger partial charge in [0.1, 0.15) is 11.0 Å². The van der Waals surface area contributed by atoms with Crippen molar-refractivity contribution in [1.82, 2.24) is 0 Å². The third kappa shape index (κ3) is 3.30. The van der Waals surface area contributed by atoms with Gasteiger partial charge in [-0.2, -0.15) is 0 Å². The number of aromatic hydroxyl groups is 1. The van der Waals surface area contributed by atoms with Crippen molar-refractivity contribution in [2.75, 3.05) is 11.1 Å². The molecule has 1 fully saturated rings. The van der Waals surface area contributed by atoms with Crippen molar-refractivity contribution in [3.8, 4) is 5.75 Å². The van der Waals surface area contributed by atoms with E-state index in [0.29, 0.717) is 12.8 Å². The monoisotopic (exact) mass is 314 g/mol. The molecule has 8 nitrogen and oxygen atoms in total. The van der Waals surface area contributed by atoms with Crippen LogP contribution in [0, 0.1) is 10.1 Å². The molecule has 1 unspecified atom stereocenters. The summed E-state index contributed by atoms with van der Waals surface area (Å²) in [6.45, 7) is 0. The first-order valence-corrected chi connectivity index (χ1v) is 8.02. The number of carbonyl (C=O) groups excluding carboxylic acids is 1. The van der Waals surface area contributed by atoms with E-state index in [1.165, 1.54) is 6.07 Å². The SMILES string of the molecule is O=C(Nc1ccc([N+](=O)[O-])cc1O)C1CCCCS1(=O)=O. The Morgan fingerprint density at radius 1 is 1.38 bits per heavy atom. The molecule has 2 N–H and O–H groups in total. The quantitative estimate of drug-likeness (QED) is 0.490. The minimum Gasteiger partial charge on any atom is -0.506 e. The van der Waals surface area contributed by atoms with Crippen LogP contribution >= 0.6 is 0 Å². The number of sulfone groups is 1. The van der Waals surface area contributed by atoms with Crippen molar-refractivity contribution in [3.05, 3.63) is 28.3 Å². The summed E-state index contributed by atoms with van der Waals surface area (Å²) in [6.07, 6.45) is 1.42. The summed E-state index contributed by atoms with van der Waals surface area (Å²) in [5.41, 5.74) is -0.373. The minimum atomic E-state index is -3.48. The fourth-order valence-corrected chi connectivity index (χ4v) is 4.00. The van der Waals surface area contributed by atoms with E-state index in [2.05, 4.69) is 5.32 Å². The maximum atomic E-state index is 12.0. The highest BCUT2D eigenvalue weighted by molar-refractivity contribution is 7.92. The number of phenolic OH excluding ortho intramolecular Hbond substituents is 1. The molecule has 9 heteroatoms. The van der Waals surface area contributed by atoms with Gasteiger partial charge >= 0.3 is 0 Å².